The maximum Gasteiger partial charge on any atom is 0.0585 e. The van der Waals surface area contributed by atoms with Crippen LogP contribution in [0.2, 0.25) is 0 Å². The van der Waals surface area contributed by atoms with Crippen LogP contribution < -0.4 is 5.73 Å². The van der Waals surface area contributed by atoms with E-state index in [0.29, 0.717) is 0 Å². The Kier molecular flexibility index (Phi) is 4.10. The minimum absolute atomic E-state index is 0.139. The zero-order valence-corrected chi connectivity index (χ0v) is 8.72. The van der Waals surface area contributed by atoms with Crippen molar-refractivity contribution >= 4 is 17.3 Å². The van der Waals surface area contributed by atoms with E-state index in [1.54, 1.807) is 0 Å². The van der Waals surface area contributed by atoms with Crippen LogP contribution in [0.25, 0.3) is 0 Å². The molecule has 0 fully saturated rings. The van der Waals surface area contributed by atoms with Crippen molar-refractivity contribution in [1.82, 2.24) is 0 Å². The third-order valence-corrected chi connectivity index (χ3v) is 2.58. The molecule has 0 saturated heterocycles. The van der Waals surface area contributed by atoms with E-state index in [0.717, 1.165) is 12.1 Å². The van der Waals surface area contributed by atoms with Gasteiger partial charge in [-0.3, -0.25) is 0 Å². The average Bonchev–Trinajstić information content (AvgIpc) is 2.15. The van der Waals surface area contributed by atoms with Crippen LogP contribution in [0.3, 0.4) is 0 Å². The van der Waals surface area contributed by atoms with Crippen molar-refractivity contribution in [2.75, 3.05) is 5.73 Å². The van der Waals surface area contributed by atoms with Gasteiger partial charge in [-0.25, -0.2) is 0 Å². The summed E-state index contributed by atoms with van der Waals surface area (Å²) in [6.07, 6.45) is 3.42. The first kappa shape index (κ1) is 10.4. The van der Waals surface area contributed by atoms with Crippen molar-refractivity contribution in [2.24, 2.45) is 0 Å². The van der Waals surface area contributed by atoms with Gasteiger partial charge in [0, 0.05) is 5.69 Å². The lowest BCUT2D eigenvalue weighted by molar-refractivity contribution is 0.701. The molecule has 0 aliphatic carbocycles. The highest BCUT2D eigenvalue weighted by molar-refractivity contribution is 6.20. The van der Waals surface area contributed by atoms with Gasteiger partial charge >= 0.3 is 0 Å². The Balaban J connectivity index is 2.55. The van der Waals surface area contributed by atoms with Crippen molar-refractivity contribution < 1.29 is 0 Å². The van der Waals surface area contributed by atoms with Crippen molar-refractivity contribution in [2.45, 2.75) is 31.6 Å². The molecule has 1 rings (SSSR count). The molecule has 0 aliphatic heterocycles. The van der Waals surface area contributed by atoms with Crippen LogP contribution in [0.1, 0.15) is 37.1 Å². The number of unbranched alkanes of at least 4 members (excludes halogenated alkanes) is 1. The summed E-state index contributed by atoms with van der Waals surface area (Å²) in [6.45, 7) is 2.17. The first-order valence-electron chi connectivity index (χ1n) is 4.73. The molecule has 13 heavy (non-hydrogen) atoms. The molecule has 0 radical (unpaired) electrons. The summed E-state index contributed by atoms with van der Waals surface area (Å²) in [7, 11) is 0. The third-order valence-electron chi connectivity index (χ3n) is 2.11. The van der Waals surface area contributed by atoms with E-state index in [9.17, 15) is 0 Å². The van der Waals surface area contributed by atoms with Gasteiger partial charge in [-0.05, 0) is 24.1 Å². The fourth-order valence-electron chi connectivity index (χ4n) is 1.25. The van der Waals surface area contributed by atoms with E-state index in [4.69, 9.17) is 17.3 Å². The molecule has 0 heterocycles. The molecule has 1 unspecified atom stereocenters. The third kappa shape index (κ3) is 3.27. The Bertz CT molecular complexity index is 243. The molecular weight excluding hydrogens is 182 g/mol. The standard InChI is InChI=1S/C11H16ClN/c1-2-3-4-11(12)9-5-7-10(13)8-6-9/h5-8,11H,2-4,13H2,1H3. The van der Waals surface area contributed by atoms with Crippen LogP contribution in [0.5, 0.6) is 0 Å². The predicted molar refractivity (Wildman–Crippen MR) is 59.0 cm³/mol. The van der Waals surface area contributed by atoms with E-state index >= 15 is 0 Å². The number of alkyl halides is 1. The smallest absolute Gasteiger partial charge is 0.0585 e. The predicted octanol–water partition coefficient (Wildman–Crippen LogP) is 3.74. The number of benzene rings is 1. The second kappa shape index (κ2) is 5.13. The highest BCUT2D eigenvalue weighted by Crippen LogP contribution is 2.26. The molecular formula is C11H16ClN. The van der Waals surface area contributed by atoms with Crippen molar-refractivity contribution in [3.63, 3.8) is 0 Å². The minimum atomic E-state index is 0.139. The molecule has 0 amide bonds. The highest BCUT2D eigenvalue weighted by atomic mass is 35.5. The van der Waals surface area contributed by atoms with Gasteiger partial charge < -0.3 is 5.73 Å². The summed E-state index contributed by atoms with van der Waals surface area (Å²) >= 11 is 6.20. The van der Waals surface area contributed by atoms with Crippen molar-refractivity contribution in [3.05, 3.63) is 29.8 Å². The normalized spacial score (nSPS) is 12.8. The summed E-state index contributed by atoms with van der Waals surface area (Å²) in [5.41, 5.74) is 7.55. The van der Waals surface area contributed by atoms with Gasteiger partial charge in [0.2, 0.25) is 0 Å². The monoisotopic (exact) mass is 197 g/mol. The summed E-state index contributed by atoms with van der Waals surface area (Å²) in [5, 5.41) is 0.139. The number of nitrogens with two attached hydrogens (primary N) is 1. The molecule has 72 valence electrons. The summed E-state index contributed by atoms with van der Waals surface area (Å²) in [5.74, 6) is 0. The Hall–Kier alpha value is -0.690. The SMILES string of the molecule is CCCCC(Cl)c1ccc(N)cc1. The van der Waals surface area contributed by atoms with E-state index in [1.165, 1.54) is 18.4 Å². The quantitative estimate of drug-likeness (QED) is 0.578. The van der Waals surface area contributed by atoms with Gasteiger partial charge in [0.25, 0.3) is 0 Å². The Labute approximate surface area is 84.9 Å². The number of rotatable bonds is 4. The van der Waals surface area contributed by atoms with E-state index in [2.05, 4.69) is 6.92 Å². The number of anilines is 1. The maximum absolute atomic E-state index is 6.20. The van der Waals surface area contributed by atoms with E-state index in [1.807, 2.05) is 24.3 Å². The molecule has 1 nitrogen and oxygen atoms in total. The number of hydrogen-bond donors (Lipinski definition) is 1. The topological polar surface area (TPSA) is 26.0 Å². The maximum atomic E-state index is 6.20. The van der Waals surface area contributed by atoms with Crippen LogP contribution in [0.15, 0.2) is 24.3 Å². The second-order valence-electron chi connectivity index (χ2n) is 3.28. The second-order valence-corrected chi connectivity index (χ2v) is 3.80. The van der Waals surface area contributed by atoms with Gasteiger partial charge in [0.1, 0.15) is 0 Å². The summed E-state index contributed by atoms with van der Waals surface area (Å²) in [4.78, 5) is 0. The van der Waals surface area contributed by atoms with Crippen LogP contribution in [-0.4, -0.2) is 0 Å². The molecule has 1 atom stereocenters. The Morgan fingerprint density at radius 1 is 1.31 bits per heavy atom. The molecule has 1 aromatic carbocycles. The van der Waals surface area contributed by atoms with Gasteiger partial charge in [-0.15, -0.1) is 11.6 Å². The van der Waals surface area contributed by atoms with Crippen LogP contribution in [-0.2, 0) is 0 Å². The van der Waals surface area contributed by atoms with Gasteiger partial charge in [0.15, 0.2) is 0 Å². The molecule has 0 saturated carbocycles. The lowest BCUT2D eigenvalue weighted by Crippen LogP contribution is -1.91. The highest BCUT2D eigenvalue weighted by Gasteiger charge is 2.05. The first-order valence-corrected chi connectivity index (χ1v) is 5.17. The van der Waals surface area contributed by atoms with Crippen LogP contribution in [0, 0.1) is 0 Å². The fourth-order valence-corrected chi connectivity index (χ4v) is 1.55. The molecule has 2 N–H and O–H groups in total. The average molecular weight is 198 g/mol. The minimum Gasteiger partial charge on any atom is -0.399 e. The molecule has 0 aromatic heterocycles. The largest absolute Gasteiger partial charge is 0.399 e. The lowest BCUT2D eigenvalue weighted by Gasteiger charge is -2.08. The molecule has 0 spiro atoms. The fraction of sp³-hybridized carbons (Fsp3) is 0.455. The first-order chi connectivity index (χ1) is 6.24. The summed E-state index contributed by atoms with van der Waals surface area (Å²) in [6, 6.07) is 7.80. The van der Waals surface area contributed by atoms with Gasteiger partial charge in [0.05, 0.1) is 5.38 Å². The van der Waals surface area contributed by atoms with Gasteiger partial charge in [-0.1, -0.05) is 31.9 Å². The van der Waals surface area contributed by atoms with E-state index < -0.39 is 0 Å². The summed E-state index contributed by atoms with van der Waals surface area (Å²) < 4.78 is 0. The van der Waals surface area contributed by atoms with Crippen molar-refractivity contribution in [3.8, 4) is 0 Å². The van der Waals surface area contributed by atoms with Crippen molar-refractivity contribution in [1.29, 1.82) is 0 Å². The molecule has 0 aliphatic rings. The van der Waals surface area contributed by atoms with Crippen LogP contribution in [0.4, 0.5) is 5.69 Å². The Morgan fingerprint density at radius 2 is 1.92 bits per heavy atom. The molecule has 2 heteroatoms. The number of halogens is 1. The molecule has 0 bridgehead atoms. The number of hydrogen-bond acceptors (Lipinski definition) is 1. The van der Waals surface area contributed by atoms with Gasteiger partial charge in [-0.2, -0.15) is 0 Å². The van der Waals surface area contributed by atoms with E-state index in [-0.39, 0.29) is 5.38 Å². The molecule has 1 aromatic rings. The Morgan fingerprint density at radius 3 is 2.46 bits per heavy atom. The number of nitrogen functional groups attached to an aromatic ring is 1. The van der Waals surface area contributed by atoms with Crippen LogP contribution >= 0.6 is 11.6 Å². The zero-order chi connectivity index (χ0) is 9.68. The lowest BCUT2D eigenvalue weighted by atomic mass is 10.1. The zero-order valence-electron chi connectivity index (χ0n) is 7.96.